The first-order valence-corrected chi connectivity index (χ1v) is 10.8. The molecule has 4 aromatic rings. The number of carboxylic acid groups (broad SMARTS) is 1. The Kier molecular flexibility index (Phi) is 5.84. The van der Waals surface area contributed by atoms with Gasteiger partial charge in [-0.05, 0) is 86.2 Å². The quantitative estimate of drug-likeness (QED) is 0.372. The molecule has 0 aliphatic carbocycles. The van der Waals surface area contributed by atoms with Crippen LogP contribution in [0.25, 0.3) is 22.2 Å². The smallest absolute Gasteiger partial charge is 0.336 e. The van der Waals surface area contributed by atoms with Gasteiger partial charge in [0.05, 0.1) is 11.3 Å². The minimum atomic E-state index is -0.865. The van der Waals surface area contributed by atoms with E-state index in [1.165, 1.54) is 16.8 Å². The number of halogens is 1. The van der Waals surface area contributed by atoms with E-state index in [9.17, 15) is 9.90 Å². The lowest BCUT2D eigenvalue weighted by Gasteiger charge is -2.13. The van der Waals surface area contributed by atoms with Crippen molar-refractivity contribution in [3.8, 4) is 11.3 Å². The highest BCUT2D eigenvalue weighted by Crippen LogP contribution is 2.34. The molecule has 0 atom stereocenters. The van der Waals surface area contributed by atoms with Gasteiger partial charge in [-0.2, -0.15) is 0 Å². The van der Waals surface area contributed by atoms with Gasteiger partial charge in [-0.15, -0.1) is 0 Å². The van der Waals surface area contributed by atoms with E-state index in [2.05, 4.69) is 28.6 Å². The molecule has 4 nitrogen and oxygen atoms in total. The summed E-state index contributed by atoms with van der Waals surface area (Å²) in [5, 5.41) is 11.3. The van der Waals surface area contributed by atoms with Crippen molar-refractivity contribution >= 4 is 28.5 Å². The molecule has 0 saturated heterocycles. The van der Waals surface area contributed by atoms with Crippen molar-refractivity contribution in [3.05, 3.63) is 87.7 Å². The second kappa shape index (κ2) is 8.56. The Morgan fingerprint density at radius 3 is 2.48 bits per heavy atom. The predicted octanol–water partition coefficient (Wildman–Crippen LogP) is 6.61. The van der Waals surface area contributed by atoms with E-state index in [1.54, 1.807) is 6.20 Å². The van der Waals surface area contributed by atoms with E-state index < -0.39 is 5.97 Å². The Bertz CT molecular complexity index is 1250. The van der Waals surface area contributed by atoms with Crippen LogP contribution in [0.4, 0.5) is 0 Å². The molecule has 2 aromatic heterocycles. The van der Waals surface area contributed by atoms with Crippen molar-refractivity contribution in [1.82, 2.24) is 9.55 Å². The van der Waals surface area contributed by atoms with Crippen LogP contribution < -0.4 is 0 Å². The van der Waals surface area contributed by atoms with Gasteiger partial charge in [-0.3, -0.25) is 4.98 Å². The Morgan fingerprint density at radius 2 is 1.84 bits per heavy atom. The number of nitrogens with zero attached hydrogens (tertiary/aromatic N) is 2. The van der Waals surface area contributed by atoms with Gasteiger partial charge < -0.3 is 9.67 Å². The third-order valence-electron chi connectivity index (χ3n) is 5.87. The van der Waals surface area contributed by atoms with Crippen LogP contribution in [-0.4, -0.2) is 20.6 Å². The summed E-state index contributed by atoms with van der Waals surface area (Å²) in [6, 6.07) is 14.1. The van der Waals surface area contributed by atoms with Crippen LogP contribution >= 0.6 is 11.6 Å². The van der Waals surface area contributed by atoms with Crippen molar-refractivity contribution in [2.24, 2.45) is 0 Å². The molecular weight excluding hydrogens is 408 g/mol. The number of aryl methyl sites for hydroxylation is 5. The molecule has 2 aromatic carbocycles. The van der Waals surface area contributed by atoms with E-state index in [0.717, 1.165) is 52.0 Å². The molecule has 0 amide bonds. The topological polar surface area (TPSA) is 55.1 Å². The van der Waals surface area contributed by atoms with Crippen molar-refractivity contribution in [3.63, 3.8) is 0 Å². The normalized spacial score (nSPS) is 11.2. The van der Waals surface area contributed by atoms with Crippen molar-refractivity contribution in [1.29, 1.82) is 0 Å². The maximum Gasteiger partial charge on any atom is 0.336 e. The van der Waals surface area contributed by atoms with Crippen LogP contribution in [0.5, 0.6) is 0 Å². The second-order valence-corrected chi connectivity index (χ2v) is 8.48. The molecule has 0 unspecified atom stereocenters. The number of aromatic nitrogens is 2. The van der Waals surface area contributed by atoms with E-state index in [1.807, 2.05) is 50.4 Å². The summed E-state index contributed by atoms with van der Waals surface area (Å²) in [6.07, 6.45) is 5.50. The first-order chi connectivity index (χ1) is 14.9. The van der Waals surface area contributed by atoms with E-state index in [-0.39, 0.29) is 0 Å². The van der Waals surface area contributed by atoms with Gasteiger partial charge in [-0.25, -0.2) is 4.79 Å². The number of pyridine rings is 1. The first kappa shape index (κ1) is 21.1. The minimum absolute atomic E-state index is 0.409. The third-order valence-corrected chi connectivity index (χ3v) is 6.10. The fourth-order valence-electron chi connectivity index (χ4n) is 4.58. The summed E-state index contributed by atoms with van der Waals surface area (Å²) in [5.74, 6) is -0.865. The van der Waals surface area contributed by atoms with Gasteiger partial charge in [0, 0.05) is 40.4 Å². The molecule has 4 rings (SSSR count). The summed E-state index contributed by atoms with van der Waals surface area (Å²) < 4.78 is 2.35. The molecule has 0 saturated carbocycles. The molecule has 0 aliphatic heterocycles. The standard InChI is InChI=1S/C26H25ClN2O2/c1-16-12-19(13-17(2)24(16)26(30)31)6-5-11-29-23-9-8-21(27)14-22(23)18(3)25(29)20-7-4-10-28-15-20/h4,7-10,12-15H,5-6,11H2,1-3H3,(H,30,31). The van der Waals surface area contributed by atoms with Crippen molar-refractivity contribution in [2.75, 3.05) is 0 Å². The minimum Gasteiger partial charge on any atom is -0.478 e. The fourth-order valence-corrected chi connectivity index (χ4v) is 4.75. The van der Waals surface area contributed by atoms with Gasteiger partial charge in [0.1, 0.15) is 0 Å². The lowest BCUT2D eigenvalue weighted by atomic mass is 9.97. The van der Waals surface area contributed by atoms with Crippen LogP contribution in [0.2, 0.25) is 5.02 Å². The number of carbonyl (C=O) groups is 1. The predicted molar refractivity (Wildman–Crippen MR) is 126 cm³/mol. The molecule has 0 radical (unpaired) electrons. The summed E-state index contributed by atoms with van der Waals surface area (Å²) in [6.45, 7) is 6.71. The van der Waals surface area contributed by atoms with Gasteiger partial charge in [0.15, 0.2) is 0 Å². The van der Waals surface area contributed by atoms with E-state index >= 15 is 0 Å². The average Bonchev–Trinajstić information content (AvgIpc) is 2.99. The average molecular weight is 433 g/mol. The third kappa shape index (κ3) is 4.08. The summed E-state index contributed by atoms with van der Waals surface area (Å²) in [5.41, 5.74) is 7.82. The number of carboxylic acids is 1. The van der Waals surface area contributed by atoms with Gasteiger partial charge in [0.25, 0.3) is 0 Å². The largest absolute Gasteiger partial charge is 0.478 e. The molecule has 2 heterocycles. The zero-order valence-electron chi connectivity index (χ0n) is 17.9. The number of benzene rings is 2. The highest BCUT2D eigenvalue weighted by atomic mass is 35.5. The number of hydrogen-bond donors (Lipinski definition) is 1. The molecular formula is C26H25ClN2O2. The lowest BCUT2D eigenvalue weighted by Crippen LogP contribution is -2.05. The van der Waals surface area contributed by atoms with Crippen LogP contribution in [0.3, 0.4) is 0 Å². The van der Waals surface area contributed by atoms with E-state index in [0.29, 0.717) is 5.56 Å². The maximum absolute atomic E-state index is 11.5. The molecule has 0 bridgehead atoms. The molecule has 0 fully saturated rings. The molecule has 0 spiro atoms. The highest BCUT2D eigenvalue weighted by molar-refractivity contribution is 6.31. The maximum atomic E-state index is 11.5. The van der Waals surface area contributed by atoms with Crippen molar-refractivity contribution in [2.45, 2.75) is 40.2 Å². The molecule has 31 heavy (non-hydrogen) atoms. The fraction of sp³-hybridized carbons (Fsp3) is 0.231. The molecule has 0 aliphatic rings. The monoisotopic (exact) mass is 432 g/mol. The Hall–Kier alpha value is -3.11. The Labute approximate surface area is 187 Å². The summed E-state index contributed by atoms with van der Waals surface area (Å²) >= 11 is 6.28. The number of hydrogen-bond acceptors (Lipinski definition) is 2. The van der Waals surface area contributed by atoms with Gasteiger partial charge in [0.2, 0.25) is 0 Å². The lowest BCUT2D eigenvalue weighted by molar-refractivity contribution is 0.0695. The van der Waals surface area contributed by atoms with Gasteiger partial charge in [-0.1, -0.05) is 23.7 Å². The zero-order chi connectivity index (χ0) is 22.1. The molecule has 158 valence electrons. The van der Waals surface area contributed by atoms with Crippen molar-refractivity contribution < 1.29 is 9.90 Å². The van der Waals surface area contributed by atoms with Crippen LogP contribution in [-0.2, 0) is 13.0 Å². The summed E-state index contributed by atoms with van der Waals surface area (Å²) in [4.78, 5) is 15.8. The Morgan fingerprint density at radius 1 is 1.10 bits per heavy atom. The van der Waals surface area contributed by atoms with Crippen LogP contribution in [0, 0.1) is 20.8 Å². The number of fused-ring (bicyclic) bond motifs is 1. The molecule has 1 N–H and O–H groups in total. The van der Waals surface area contributed by atoms with E-state index in [4.69, 9.17) is 11.6 Å². The van der Waals surface area contributed by atoms with Crippen LogP contribution in [0.15, 0.2) is 54.9 Å². The SMILES string of the molecule is Cc1cc(CCCn2c(-c3cccnc3)c(C)c3cc(Cl)ccc32)cc(C)c1C(=O)O. The zero-order valence-corrected chi connectivity index (χ0v) is 18.7. The van der Waals surface area contributed by atoms with Gasteiger partial charge >= 0.3 is 5.97 Å². The Balaban J connectivity index is 1.67. The summed E-state index contributed by atoms with van der Waals surface area (Å²) in [7, 11) is 0. The second-order valence-electron chi connectivity index (χ2n) is 8.04. The highest BCUT2D eigenvalue weighted by Gasteiger charge is 2.17. The number of aromatic carboxylic acids is 1. The first-order valence-electron chi connectivity index (χ1n) is 10.4. The number of rotatable bonds is 6. The molecule has 5 heteroatoms. The van der Waals surface area contributed by atoms with Crippen LogP contribution in [0.1, 0.15) is 39.0 Å².